The van der Waals surface area contributed by atoms with Crippen LogP contribution in [-0.2, 0) is 4.79 Å². The number of anilines is 1. The van der Waals surface area contributed by atoms with Crippen molar-refractivity contribution in [2.45, 2.75) is 12.8 Å². The van der Waals surface area contributed by atoms with Crippen molar-refractivity contribution < 1.29 is 19.4 Å². The first kappa shape index (κ1) is 15.0. The molecule has 1 aromatic heterocycles. The standard InChI is InChI=1S/C16H17N3O4/c1-8-12(16(20)21)13(9-7-17-19-15(9)18-8)14-10(22-2)5-4-6-11(14)23-3/h4-7,13H,1-3H3,(H,20,21)(H2,17,18,19). The Morgan fingerprint density at radius 3 is 2.48 bits per heavy atom. The molecule has 1 aliphatic heterocycles. The van der Waals surface area contributed by atoms with Gasteiger partial charge in [-0.05, 0) is 19.1 Å². The van der Waals surface area contributed by atoms with Gasteiger partial charge in [0.25, 0.3) is 0 Å². The van der Waals surface area contributed by atoms with Crippen LogP contribution in [0.15, 0.2) is 35.7 Å². The van der Waals surface area contributed by atoms with E-state index >= 15 is 0 Å². The molecule has 7 nitrogen and oxygen atoms in total. The maximum Gasteiger partial charge on any atom is 0.334 e. The fraction of sp³-hybridized carbons (Fsp3) is 0.250. The van der Waals surface area contributed by atoms with Gasteiger partial charge in [-0.15, -0.1) is 0 Å². The minimum absolute atomic E-state index is 0.238. The van der Waals surface area contributed by atoms with Crippen molar-refractivity contribution in [3.8, 4) is 11.5 Å². The number of carbonyl (C=O) groups is 1. The molecule has 1 aliphatic rings. The summed E-state index contributed by atoms with van der Waals surface area (Å²) < 4.78 is 10.9. The number of aromatic nitrogens is 2. The van der Waals surface area contributed by atoms with E-state index in [1.807, 2.05) is 0 Å². The third-order valence-electron chi connectivity index (χ3n) is 3.97. The maximum absolute atomic E-state index is 11.9. The maximum atomic E-state index is 11.9. The molecule has 0 amide bonds. The van der Waals surface area contributed by atoms with Crippen LogP contribution in [0.3, 0.4) is 0 Å². The summed E-state index contributed by atoms with van der Waals surface area (Å²) in [7, 11) is 3.10. The topological polar surface area (TPSA) is 96.5 Å². The molecule has 0 aliphatic carbocycles. The second-order valence-corrected chi connectivity index (χ2v) is 5.18. The van der Waals surface area contributed by atoms with E-state index in [1.54, 1.807) is 45.5 Å². The van der Waals surface area contributed by atoms with E-state index in [0.717, 1.165) is 5.56 Å². The highest BCUT2D eigenvalue weighted by Gasteiger charge is 2.36. The molecule has 23 heavy (non-hydrogen) atoms. The normalized spacial score (nSPS) is 16.6. The van der Waals surface area contributed by atoms with Crippen molar-refractivity contribution >= 4 is 11.8 Å². The van der Waals surface area contributed by atoms with E-state index in [1.165, 1.54) is 0 Å². The lowest BCUT2D eigenvalue weighted by Crippen LogP contribution is -2.23. The molecular weight excluding hydrogens is 298 g/mol. The zero-order chi connectivity index (χ0) is 16.6. The average Bonchev–Trinajstić information content (AvgIpc) is 3.00. The molecule has 2 aromatic rings. The lowest BCUT2D eigenvalue weighted by atomic mass is 9.82. The Balaban J connectivity index is 2.31. The number of hydrogen-bond acceptors (Lipinski definition) is 5. The van der Waals surface area contributed by atoms with Crippen LogP contribution in [0.4, 0.5) is 5.82 Å². The van der Waals surface area contributed by atoms with Crippen molar-refractivity contribution in [2.24, 2.45) is 0 Å². The van der Waals surface area contributed by atoms with Gasteiger partial charge in [0, 0.05) is 16.8 Å². The predicted octanol–water partition coefficient (Wildman–Crippen LogP) is 2.34. The van der Waals surface area contributed by atoms with Gasteiger partial charge in [-0.1, -0.05) is 6.07 Å². The largest absolute Gasteiger partial charge is 0.496 e. The van der Waals surface area contributed by atoms with E-state index < -0.39 is 11.9 Å². The smallest absolute Gasteiger partial charge is 0.334 e. The van der Waals surface area contributed by atoms with E-state index in [2.05, 4.69) is 15.5 Å². The quantitative estimate of drug-likeness (QED) is 0.801. The van der Waals surface area contributed by atoms with Crippen molar-refractivity contribution in [3.63, 3.8) is 0 Å². The number of nitrogens with zero attached hydrogens (tertiary/aromatic N) is 1. The number of hydrogen-bond donors (Lipinski definition) is 3. The van der Waals surface area contributed by atoms with Crippen LogP contribution in [0, 0.1) is 0 Å². The molecule has 0 saturated heterocycles. The highest BCUT2D eigenvalue weighted by atomic mass is 16.5. The molecule has 3 N–H and O–H groups in total. The number of nitrogens with one attached hydrogen (secondary N) is 2. The first-order valence-corrected chi connectivity index (χ1v) is 7.03. The molecule has 0 radical (unpaired) electrons. The number of H-pyrrole nitrogens is 1. The molecular formula is C16H17N3O4. The zero-order valence-corrected chi connectivity index (χ0v) is 13.0. The van der Waals surface area contributed by atoms with Crippen molar-refractivity contribution in [1.82, 2.24) is 10.2 Å². The molecule has 1 aromatic carbocycles. The van der Waals surface area contributed by atoms with Crippen LogP contribution in [0.25, 0.3) is 0 Å². The molecule has 1 unspecified atom stereocenters. The molecule has 1 atom stereocenters. The summed E-state index contributed by atoms with van der Waals surface area (Å²) in [6, 6.07) is 5.37. The number of aliphatic carboxylic acids is 1. The highest BCUT2D eigenvalue weighted by molar-refractivity contribution is 5.93. The van der Waals surface area contributed by atoms with E-state index in [9.17, 15) is 9.90 Å². The minimum Gasteiger partial charge on any atom is -0.496 e. The minimum atomic E-state index is -1.00. The molecule has 2 heterocycles. The Hall–Kier alpha value is -2.96. The van der Waals surface area contributed by atoms with Gasteiger partial charge in [-0.2, -0.15) is 5.10 Å². The fourth-order valence-electron chi connectivity index (χ4n) is 2.99. The number of carboxylic acids is 1. The zero-order valence-electron chi connectivity index (χ0n) is 13.0. The monoisotopic (exact) mass is 315 g/mol. The van der Waals surface area contributed by atoms with Crippen molar-refractivity contribution in [2.75, 3.05) is 19.5 Å². The summed E-state index contributed by atoms with van der Waals surface area (Å²) in [5, 5.41) is 19.6. The first-order chi connectivity index (χ1) is 11.1. The SMILES string of the molecule is COc1cccc(OC)c1C1C(C(=O)O)=C(C)Nc2[nH]ncc21. The van der Waals surface area contributed by atoms with Gasteiger partial charge in [-0.3, -0.25) is 5.10 Å². The third kappa shape index (κ3) is 2.30. The number of methoxy groups -OCH3 is 2. The third-order valence-corrected chi connectivity index (χ3v) is 3.97. The summed E-state index contributed by atoms with van der Waals surface area (Å²) in [6.45, 7) is 1.72. The van der Waals surface area contributed by atoms with Crippen molar-refractivity contribution in [3.05, 3.63) is 46.8 Å². The van der Waals surface area contributed by atoms with Gasteiger partial charge in [-0.25, -0.2) is 4.79 Å². The Bertz CT molecular complexity index is 772. The van der Waals surface area contributed by atoms with Crippen molar-refractivity contribution in [1.29, 1.82) is 0 Å². The number of fused-ring (bicyclic) bond motifs is 1. The fourth-order valence-corrected chi connectivity index (χ4v) is 2.99. The molecule has 120 valence electrons. The second-order valence-electron chi connectivity index (χ2n) is 5.18. The van der Waals surface area contributed by atoms with E-state index in [4.69, 9.17) is 9.47 Å². The Morgan fingerprint density at radius 1 is 1.26 bits per heavy atom. The first-order valence-electron chi connectivity index (χ1n) is 7.03. The molecule has 0 bridgehead atoms. The number of rotatable bonds is 4. The van der Waals surface area contributed by atoms with Crippen LogP contribution in [0.5, 0.6) is 11.5 Å². The second kappa shape index (κ2) is 5.68. The highest BCUT2D eigenvalue weighted by Crippen LogP contribution is 2.47. The van der Waals surface area contributed by atoms with Gasteiger partial charge in [0.2, 0.25) is 0 Å². The molecule has 0 spiro atoms. The van der Waals surface area contributed by atoms with Crippen LogP contribution < -0.4 is 14.8 Å². The number of ether oxygens (including phenoxy) is 2. The average molecular weight is 315 g/mol. The van der Waals surface area contributed by atoms with Crippen LogP contribution in [0.1, 0.15) is 24.0 Å². The summed E-state index contributed by atoms with van der Waals surface area (Å²) >= 11 is 0. The number of allylic oxidation sites excluding steroid dienone is 1. The van der Waals surface area contributed by atoms with E-state index in [0.29, 0.717) is 28.6 Å². The van der Waals surface area contributed by atoms with Crippen LogP contribution in [0.2, 0.25) is 0 Å². The number of aromatic amines is 1. The number of benzene rings is 1. The Morgan fingerprint density at radius 2 is 1.91 bits per heavy atom. The summed E-state index contributed by atoms with van der Waals surface area (Å²) in [6.07, 6.45) is 1.62. The number of carboxylic acid groups (broad SMARTS) is 1. The molecule has 3 rings (SSSR count). The van der Waals surface area contributed by atoms with Crippen LogP contribution in [-0.4, -0.2) is 35.5 Å². The molecule has 7 heteroatoms. The summed E-state index contributed by atoms with van der Waals surface area (Å²) in [5.74, 6) is 0.253. The lowest BCUT2D eigenvalue weighted by Gasteiger charge is -2.28. The van der Waals surface area contributed by atoms with Crippen LogP contribution >= 0.6 is 0 Å². The van der Waals surface area contributed by atoms with Gasteiger partial charge in [0.1, 0.15) is 17.3 Å². The predicted molar refractivity (Wildman–Crippen MR) is 83.9 cm³/mol. The molecule has 0 fully saturated rings. The van der Waals surface area contributed by atoms with Gasteiger partial charge in [0.05, 0.1) is 31.9 Å². The molecule has 0 saturated carbocycles. The summed E-state index contributed by atoms with van der Waals surface area (Å²) in [4.78, 5) is 11.9. The van der Waals surface area contributed by atoms with Gasteiger partial charge < -0.3 is 19.9 Å². The lowest BCUT2D eigenvalue weighted by molar-refractivity contribution is -0.132. The Kier molecular flexibility index (Phi) is 3.69. The van der Waals surface area contributed by atoms with E-state index in [-0.39, 0.29) is 5.57 Å². The van der Waals surface area contributed by atoms with Gasteiger partial charge >= 0.3 is 5.97 Å². The Labute approximate surface area is 132 Å². The summed E-state index contributed by atoms with van der Waals surface area (Å²) in [5.41, 5.74) is 2.18. The van der Waals surface area contributed by atoms with Gasteiger partial charge in [0.15, 0.2) is 0 Å².